The first kappa shape index (κ1) is 15.8. The number of halogens is 1. The Labute approximate surface area is 131 Å². The van der Waals surface area contributed by atoms with Crippen molar-refractivity contribution in [2.45, 2.75) is 26.3 Å². The zero-order chi connectivity index (χ0) is 15.4. The maximum atomic E-state index is 6.21. The van der Waals surface area contributed by atoms with E-state index in [1.54, 1.807) is 7.11 Å². The Morgan fingerprint density at radius 1 is 1.19 bits per heavy atom. The number of nitrogens with two attached hydrogens (primary N) is 1. The quantitative estimate of drug-likeness (QED) is 0.654. The summed E-state index contributed by atoms with van der Waals surface area (Å²) in [4.78, 5) is 0. The first-order chi connectivity index (χ1) is 10.0. The number of hydrogen-bond acceptors (Lipinski definition) is 3. The van der Waals surface area contributed by atoms with Crippen molar-refractivity contribution in [1.82, 2.24) is 5.43 Å². The first-order valence-corrected chi connectivity index (χ1v) is 7.28. The molecule has 3 N–H and O–H groups in total. The van der Waals surface area contributed by atoms with Crippen molar-refractivity contribution in [3.63, 3.8) is 0 Å². The van der Waals surface area contributed by atoms with E-state index in [1.165, 1.54) is 5.56 Å². The molecule has 0 radical (unpaired) electrons. The first-order valence-electron chi connectivity index (χ1n) is 6.91. The monoisotopic (exact) mass is 304 g/mol. The smallest absolute Gasteiger partial charge is 0.122 e. The van der Waals surface area contributed by atoms with Crippen LogP contribution < -0.4 is 16.0 Å². The number of benzene rings is 2. The molecular formula is C17H21ClN2O. The van der Waals surface area contributed by atoms with Gasteiger partial charge in [0.2, 0.25) is 0 Å². The minimum absolute atomic E-state index is 0.0150. The van der Waals surface area contributed by atoms with Gasteiger partial charge in [-0.15, -0.1) is 0 Å². The maximum absolute atomic E-state index is 6.21. The molecule has 0 saturated heterocycles. The van der Waals surface area contributed by atoms with Crippen molar-refractivity contribution < 1.29 is 4.74 Å². The third-order valence-corrected chi connectivity index (χ3v) is 4.07. The van der Waals surface area contributed by atoms with Gasteiger partial charge in [-0.05, 0) is 49.1 Å². The van der Waals surface area contributed by atoms with E-state index in [-0.39, 0.29) is 6.04 Å². The van der Waals surface area contributed by atoms with Crippen LogP contribution in [-0.4, -0.2) is 7.11 Å². The number of nitrogens with one attached hydrogen (secondary N) is 1. The minimum Gasteiger partial charge on any atom is -0.496 e. The fourth-order valence-corrected chi connectivity index (χ4v) is 2.57. The molecule has 112 valence electrons. The summed E-state index contributed by atoms with van der Waals surface area (Å²) in [7, 11) is 1.68. The van der Waals surface area contributed by atoms with E-state index in [9.17, 15) is 0 Å². The average molecular weight is 305 g/mol. The van der Waals surface area contributed by atoms with Crippen molar-refractivity contribution in [3.05, 3.63) is 63.7 Å². The lowest BCUT2D eigenvalue weighted by molar-refractivity contribution is 0.405. The van der Waals surface area contributed by atoms with Crippen LogP contribution in [0.4, 0.5) is 0 Å². The summed E-state index contributed by atoms with van der Waals surface area (Å²) >= 11 is 6.21. The standard InChI is InChI=1S/C17H21ClN2O/c1-11-4-7-17(21-3)14(8-11)10-16(20-19)13-6-5-12(2)15(18)9-13/h4-9,16,20H,10,19H2,1-3H3. The average Bonchev–Trinajstić information content (AvgIpc) is 2.48. The largest absolute Gasteiger partial charge is 0.496 e. The molecule has 0 aliphatic rings. The Balaban J connectivity index is 2.30. The van der Waals surface area contributed by atoms with Gasteiger partial charge in [-0.2, -0.15) is 0 Å². The molecule has 0 heterocycles. The maximum Gasteiger partial charge on any atom is 0.122 e. The van der Waals surface area contributed by atoms with E-state index in [1.807, 2.05) is 37.3 Å². The Hall–Kier alpha value is -1.55. The third-order valence-electron chi connectivity index (χ3n) is 3.66. The number of hydrazine groups is 1. The summed E-state index contributed by atoms with van der Waals surface area (Å²) < 4.78 is 5.43. The molecule has 2 aromatic rings. The fourth-order valence-electron chi connectivity index (χ4n) is 2.39. The molecule has 0 bridgehead atoms. The van der Waals surface area contributed by atoms with E-state index >= 15 is 0 Å². The van der Waals surface area contributed by atoms with Gasteiger partial charge in [-0.3, -0.25) is 11.3 Å². The SMILES string of the molecule is COc1ccc(C)cc1CC(NN)c1ccc(C)c(Cl)c1. The zero-order valence-corrected chi connectivity index (χ0v) is 13.4. The molecule has 0 spiro atoms. The van der Waals surface area contributed by atoms with Crippen LogP contribution in [0.25, 0.3) is 0 Å². The number of ether oxygens (including phenoxy) is 1. The van der Waals surface area contributed by atoms with Gasteiger partial charge < -0.3 is 4.74 Å². The zero-order valence-electron chi connectivity index (χ0n) is 12.6. The van der Waals surface area contributed by atoms with Crippen LogP contribution >= 0.6 is 11.6 Å². The van der Waals surface area contributed by atoms with Crippen LogP contribution in [-0.2, 0) is 6.42 Å². The second-order valence-corrected chi connectivity index (χ2v) is 5.65. The highest BCUT2D eigenvalue weighted by Gasteiger charge is 2.14. The van der Waals surface area contributed by atoms with Gasteiger partial charge in [0.1, 0.15) is 5.75 Å². The summed E-state index contributed by atoms with van der Waals surface area (Å²) in [6.45, 7) is 4.05. The molecule has 0 amide bonds. The summed E-state index contributed by atoms with van der Waals surface area (Å²) in [5.74, 6) is 6.61. The summed E-state index contributed by atoms with van der Waals surface area (Å²) in [6.07, 6.45) is 0.737. The molecule has 4 heteroatoms. The van der Waals surface area contributed by atoms with Gasteiger partial charge in [0.25, 0.3) is 0 Å². The molecule has 0 aliphatic heterocycles. The number of methoxy groups -OCH3 is 1. The van der Waals surface area contributed by atoms with Crippen molar-refractivity contribution in [2.75, 3.05) is 7.11 Å². The van der Waals surface area contributed by atoms with Crippen LogP contribution in [0.1, 0.15) is 28.3 Å². The van der Waals surface area contributed by atoms with Crippen molar-refractivity contribution in [3.8, 4) is 5.75 Å². The lowest BCUT2D eigenvalue weighted by atomic mass is 9.97. The molecule has 3 nitrogen and oxygen atoms in total. The van der Waals surface area contributed by atoms with Crippen LogP contribution in [0.3, 0.4) is 0 Å². The Morgan fingerprint density at radius 2 is 1.95 bits per heavy atom. The number of aryl methyl sites for hydroxylation is 2. The minimum atomic E-state index is -0.0150. The fraction of sp³-hybridized carbons (Fsp3) is 0.294. The number of rotatable bonds is 5. The van der Waals surface area contributed by atoms with Gasteiger partial charge in [0.05, 0.1) is 13.2 Å². The highest BCUT2D eigenvalue weighted by molar-refractivity contribution is 6.31. The van der Waals surface area contributed by atoms with E-state index in [4.69, 9.17) is 22.2 Å². The van der Waals surface area contributed by atoms with Crippen molar-refractivity contribution in [2.24, 2.45) is 5.84 Å². The molecule has 2 rings (SSSR count). The normalized spacial score (nSPS) is 12.2. The number of hydrogen-bond donors (Lipinski definition) is 2. The van der Waals surface area contributed by atoms with Gasteiger partial charge >= 0.3 is 0 Å². The predicted molar refractivity (Wildman–Crippen MR) is 87.7 cm³/mol. The lowest BCUT2D eigenvalue weighted by Crippen LogP contribution is -2.29. The van der Waals surface area contributed by atoms with Crippen LogP contribution in [0.15, 0.2) is 36.4 Å². The summed E-state index contributed by atoms with van der Waals surface area (Å²) in [5.41, 5.74) is 7.32. The topological polar surface area (TPSA) is 47.3 Å². The second kappa shape index (κ2) is 6.94. The van der Waals surface area contributed by atoms with Crippen LogP contribution in [0.5, 0.6) is 5.75 Å². The molecule has 1 atom stereocenters. The molecule has 0 aliphatic carbocycles. The van der Waals surface area contributed by atoms with E-state index in [0.717, 1.165) is 33.9 Å². The van der Waals surface area contributed by atoms with E-state index in [2.05, 4.69) is 18.4 Å². The van der Waals surface area contributed by atoms with Crippen LogP contribution in [0, 0.1) is 13.8 Å². The molecular weight excluding hydrogens is 284 g/mol. The molecule has 2 aromatic carbocycles. The Kier molecular flexibility index (Phi) is 5.23. The predicted octanol–water partition coefficient (Wildman–Crippen LogP) is 3.71. The second-order valence-electron chi connectivity index (χ2n) is 5.25. The molecule has 21 heavy (non-hydrogen) atoms. The van der Waals surface area contributed by atoms with Gasteiger partial charge in [-0.25, -0.2) is 0 Å². The third kappa shape index (κ3) is 3.76. The summed E-state index contributed by atoms with van der Waals surface area (Å²) in [6, 6.07) is 12.2. The van der Waals surface area contributed by atoms with Crippen LogP contribution in [0.2, 0.25) is 5.02 Å². The highest BCUT2D eigenvalue weighted by atomic mass is 35.5. The molecule has 1 unspecified atom stereocenters. The van der Waals surface area contributed by atoms with Gasteiger partial charge in [0, 0.05) is 5.02 Å². The highest BCUT2D eigenvalue weighted by Crippen LogP contribution is 2.27. The Bertz CT molecular complexity index is 628. The van der Waals surface area contributed by atoms with Crippen molar-refractivity contribution >= 4 is 11.6 Å². The summed E-state index contributed by atoms with van der Waals surface area (Å²) in [5, 5.41) is 0.754. The Morgan fingerprint density at radius 3 is 2.57 bits per heavy atom. The van der Waals surface area contributed by atoms with Gasteiger partial charge in [0.15, 0.2) is 0 Å². The molecule has 0 fully saturated rings. The van der Waals surface area contributed by atoms with E-state index in [0.29, 0.717) is 0 Å². The molecule has 0 aromatic heterocycles. The van der Waals surface area contributed by atoms with E-state index < -0.39 is 0 Å². The van der Waals surface area contributed by atoms with Gasteiger partial charge in [-0.1, -0.05) is 41.4 Å². The molecule has 0 saturated carbocycles. The van der Waals surface area contributed by atoms with Crippen molar-refractivity contribution in [1.29, 1.82) is 0 Å². The lowest BCUT2D eigenvalue weighted by Gasteiger charge is -2.19.